The second-order valence-corrected chi connectivity index (χ2v) is 3.05. The molecular weight excluding hydrogens is 211 g/mol. The summed E-state index contributed by atoms with van der Waals surface area (Å²) in [6.07, 6.45) is 0. The molecule has 0 atom stereocenters. The van der Waals surface area contributed by atoms with Crippen molar-refractivity contribution in [3.8, 4) is 5.75 Å². The molecule has 0 radical (unpaired) electrons. The van der Waals surface area contributed by atoms with Crippen LogP contribution in [0.25, 0.3) is 0 Å². The molecular formula is C9H8Cl2O2. The van der Waals surface area contributed by atoms with Crippen LogP contribution in [0.3, 0.4) is 0 Å². The average molecular weight is 219 g/mol. The van der Waals surface area contributed by atoms with Gasteiger partial charge in [-0.3, -0.25) is 4.79 Å². The number of hydrogen-bond donors (Lipinski definition) is 0. The van der Waals surface area contributed by atoms with Crippen molar-refractivity contribution in [3.63, 3.8) is 0 Å². The lowest BCUT2D eigenvalue weighted by Gasteiger charge is -2.05. The Bertz CT molecular complexity index is 323. The second kappa shape index (κ2) is 4.49. The van der Waals surface area contributed by atoms with Crippen molar-refractivity contribution >= 4 is 28.4 Å². The summed E-state index contributed by atoms with van der Waals surface area (Å²) in [5, 5.41) is -0.530. The highest BCUT2D eigenvalue weighted by Gasteiger charge is 2.09. The van der Waals surface area contributed by atoms with E-state index in [0.29, 0.717) is 17.2 Å². The Kier molecular flexibility index (Phi) is 3.58. The molecule has 13 heavy (non-hydrogen) atoms. The van der Waals surface area contributed by atoms with Crippen LogP contribution in [0.2, 0.25) is 0 Å². The van der Waals surface area contributed by atoms with Crippen molar-refractivity contribution < 1.29 is 9.53 Å². The van der Waals surface area contributed by atoms with Gasteiger partial charge in [-0.05, 0) is 29.3 Å². The molecule has 0 fully saturated rings. The Balaban J connectivity index is 3.15. The van der Waals surface area contributed by atoms with Crippen LogP contribution in [0.4, 0.5) is 0 Å². The van der Waals surface area contributed by atoms with Gasteiger partial charge in [0.05, 0.1) is 12.7 Å². The van der Waals surface area contributed by atoms with Crippen molar-refractivity contribution in [3.05, 3.63) is 29.3 Å². The standard InChI is InChI=1S/C9H8Cl2O2/c1-13-8-4-6(5-10)2-3-7(8)9(11)12/h2-4H,5H2,1H3. The predicted molar refractivity (Wildman–Crippen MR) is 52.7 cm³/mol. The summed E-state index contributed by atoms with van der Waals surface area (Å²) in [7, 11) is 1.48. The smallest absolute Gasteiger partial charge is 0.256 e. The third kappa shape index (κ3) is 2.36. The average Bonchev–Trinajstić information content (AvgIpc) is 2.16. The van der Waals surface area contributed by atoms with Crippen LogP contribution in [0.5, 0.6) is 5.75 Å². The van der Waals surface area contributed by atoms with Crippen LogP contribution in [-0.4, -0.2) is 12.4 Å². The van der Waals surface area contributed by atoms with Gasteiger partial charge in [0.25, 0.3) is 5.24 Å². The number of alkyl halides is 1. The monoisotopic (exact) mass is 218 g/mol. The zero-order chi connectivity index (χ0) is 9.84. The van der Waals surface area contributed by atoms with E-state index in [1.807, 2.05) is 0 Å². The predicted octanol–water partition coefficient (Wildman–Crippen LogP) is 2.81. The fourth-order valence-corrected chi connectivity index (χ4v) is 1.30. The Hall–Kier alpha value is -0.730. The zero-order valence-electron chi connectivity index (χ0n) is 7.01. The largest absolute Gasteiger partial charge is 0.496 e. The number of carbonyl (C=O) groups excluding carboxylic acids is 1. The molecule has 0 saturated heterocycles. The van der Waals surface area contributed by atoms with Crippen molar-refractivity contribution in [1.82, 2.24) is 0 Å². The lowest BCUT2D eigenvalue weighted by molar-refractivity contribution is 0.107. The van der Waals surface area contributed by atoms with Crippen molar-refractivity contribution in [2.45, 2.75) is 5.88 Å². The van der Waals surface area contributed by atoms with Crippen LogP contribution in [0, 0.1) is 0 Å². The van der Waals surface area contributed by atoms with E-state index in [1.54, 1.807) is 18.2 Å². The Morgan fingerprint density at radius 1 is 1.54 bits per heavy atom. The number of carbonyl (C=O) groups is 1. The number of rotatable bonds is 3. The van der Waals surface area contributed by atoms with Crippen LogP contribution < -0.4 is 4.74 Å². The number of hydrogen-bond acceptors (Lipinski definition) is 2. The van der Waals surface area contributed by atoms with E-state index in [9.17, 15) is 4.79 Å². The van der Waals surface area contributed by atoms with E-state index in [1.165, 1.54) is 7.11 Å². The minimum Gasteiger partial charge on any atom is -0.496 e. The quantitative estimate of drug-likeness (QED) is 0.577. The van der Waals surface area contributed by atoms with Gasteiger partial charge in [0.2, 0.25) is 0 Å². The minimum atomic E-state index is -0.530. The molecule has 0 bridgehead atoms. The van der Waals surface area contributed by atoms with E-state index in [-0.39, 0.29) is 0 Å². The fraction of sp³-hybridized carbons (Fsp3) is 0.222. The Labute approximate surface area is 86.4 Å². The Morgan fingerprint density at radius 3 is 2.69 bits per heavy atom. The van der Waals surface area contributed by atoms with Gasteiger partial charge in [0.15, 0.2) is 0 Å². The van der Waals surface area contributed by atoms with Gasteiger partial charge >= 0.3 is 0 Å². The SMILES string of the molecule is COc1cc(CCl)ccc1C(=O)Cl. The molecule has 1 rings (SSSR count). The first-order valence-electron chi connectivity index (χ1n) is 3.61. The molecule has 0 unspecified atom stereocenters. The highest BCUT2D eigenvalue weighted by Crippen LogP contribution is 2.22. The first-order valence-corrected chi connectivity index (χ1v) is 4.53. The maximum atomic E-state index is 10.9. The van der Waals surface area contributed by atoms with Crippen molar-refractivity contribution in [2.75, 3.05) is 7.11 Å². The summed E-state index contributed by atoms with van der Waals surface area (Å²) in [5.74, 6) is 0.839. The fourth-order valence-electron chi connectivity index (χ4n) is 0.981. The maximum absolute atomic E-state index is 10.9. The van der Waals surface area contributed by atoms with Gasteiger partial charge < -0.3 is 4.74 Å². The van der Waals surface area contributed by atoms with Gasteiger partial charge in [0, 0.05) is 5.88 Å². The van der Waals surface area contributed by atoms with Gasteiger partial charge in [-0.2, -0.15) is 0 Å². The number of ether oxygens (including phenoxy) is 1. The molecule has 4 heteroatoms. The summed E-state index contributed by atoms with van der Waals surface area (Å²) >= 11 is 10.9. The molecule has 0 aliphatic carbocycles. The maximum Gasteiger partial charge on any atom is 0.256 e. The number of halogens is 2. The van der Waals surface area contributed by atoms with E-state index in [2.05, 4.69) is 0 Å². The van der Waals surface area contributed by atoms with Crippen LogP contribution in [-0.2, 0) is 5.88 Å². The molecule has 0 heterocycles. The van der Waals surface area contributed by atoms with Gasteiger partial charge in [-0.25, -0.2) is 0 Å². The molecule has 1 aromatic rings. The summed E-state index contributed by atoms with van der Waals surface area (Å²) < 4.78 is 4.99. The summed E-state index contributed by atoms with van der Waals surface area (Å²) in [5.41, 5.74) is 1.25. The molecule has 0 aliphatic rings. The van der Waals surface area contributed by atoms with E-state index >= 15 is 0 Å². The third-order valence-corrected chi connectivity index (χ3v) is 2.14. The number of methoxy groups -OCH3 is 1. The molecule has 1 aromatic carbocycles. The van der Waals surface area contributed by atoms with Crippen LogP contribution in [0.15, 0.2) is 18.2 Å². The lowest BCUT2D eigenvalue weighted by atomic mass is 10.1. The molecule has 2 nitrogen and oxygen atoms in total. The second-order valence-electron chi connectivity index (χ2n) is 2.44. The molecule has 0 amide bonds. The van der Waals surface area contributed by atoms with E-state index in [0.717, 1.165) is 5.56 Å². The van der Waals surface area contributed by atoms with Crippen molar-refractivity contribution in [2.24, 2.45) is 0 Å². The van der Waals surface area contributed by atoms with E-state index < -0.39 is 5.24 Å². The first kappa shape index (κ1) is 10.4. The third-order valence-electron chi connectivity index (χ3n) is 1.63. The zero-order valence-corrected chi connectivity index (χ0v) is 8.52. The van der Waals surface area contributed by atoms with Crippen LogP contribution in [0.1, 0.15) is 15.9 Å². The lowest BCUT2D eigenvalue weighted by Crippen LogP contribution is -1.96. The van der Waals surface area contributed by atoms with Crippen LogP contribution >= 0.6 is 23.2 Å². The first-order chi connectivity index (χ1) is 6.19. The molecule has 0 N–H and O–H groups in total. The molecule has 70 valence electrons. The summed E-state index contributed by atoms with van der Waals surface area (Å²) in [6, 6.07) is 5.04. The molecule has 0 saturated carbocycles. The normalized spacial score (nSPS) is 9.77. The van der Waals surface area contributed by atoms with Gasteiger partial charge in [-0.15, -0.1) is 11.6 Å². The Morgan fingerprint density at radius 2 is 2.23 bits per heavy atom. The van der Waals surface area contributed by atoms with Gasteiger partial charge in [-0.1, -0.05) is 6.07 Å². The van der Waals surface area contributed by atoms with Gasteiger partial charge in [0.1, 0.15) is 5.75 Å². The van der Waals surface area contributed by atoms with E-state index in [4.69, 9.17) is 27.9 Å². The molecule has 0 spiro atoms. The topological polar surface area (TPSA) is 26.3 Å². The summed E-state index contributed by atoms with van der Waals surface area (Å²) in [4.78, 5) is 10.9. The summed E-state index contributed by atoms with van der Waals surface area (Å²) in [6.45, 7) is 0. The molecule has 0 aliphatic heterocycles. The highest BCUT2D eigenvalue weighted by molar-refractivity contribution is 6.68. The minimum absolute atomic E-state index is 0.359. The van der Waals surface area contributed by atoms with Crippen molar-refractivity contribution in [1.29, 1.82) is 0 Å². The highest BCUT2D eigenvalue weighted by atomic mass is 35.5. The molecule has 0 aromatic heterocycles. The number of benzene rings is 1.